The van der Waals surface area contributed by atoms with E-state index in [-0.39, 0.29) is 17.7 Å². The Bertz CT molecular complexity index is 1360. The van der Waals surface area contributed by atoms with Gasteiger partial charge in [0.05, 0.1) is 11.8 Å². The van der Waals surface area contributed by atoms with Crippen molar-refractivity contribution in [3.8, 4) is 5.75 Å². The van der Waals surface area contributed by atoms with Gasteiger partial charge in [-0.05, 0) is 27.8 Å². The fourth-order valence-corrected chi connectivity index (χ4v) is 5.04. The van der Waals surface area contributed by atoms with E-state index in [0.29, 0.717) is 0 Å². The summed E-state index contributed by atoms with van der Waals surface area (Å²) in [7, 11) is 0. The Hall–Kier alpha value is -3.59. The average molecular weight is 433 g/mol. The van der Waals surface area contributed by atoms with Crippen LogP contribution in [0, 0.1) is 0 Å². The summed E-state index contributed by atoms with van der Waals surface area (Å²) in [5.74, 6) is 0.956. The topological polar surface area (TPSA) is 24.8 Å². The minimum absolute atomic E-state index is 0.119. The first-order valence-corrected chi connectivity index (χ1v) is 11.7. The Kier molecular flexibility index (Phi) is 4.55. The monoisotopic (exact) mass is 432 g/mol. The molecule has 2 heterocycles. The van der Waals surface area contributed by atoms with Gasteiger partial charge in [0, 0.05) is 23.1 Å². The van der Waals surface area contributed by atoms with Gasteiger partial charge < -0.3 is 4.74 Å². The molecule has 0 radical (unpaired) electrons. The van der Waals surface area contributed by atoms with Crippen LogP contribution in [-0.2, 0) is 5.41 Å². The molecule has 0 bridgehead atoms. The molecule has 3 heteroatoms. The van der Waals surface area contributed by atoms with Crippen molar-refractivity contribution >= 4 is 16.5 Å². The van der Waals surface area contributed by atoms with Crippen LogP contribution in [0.15, 0.2) is 96.1 Å². The molecule has 4 aromatic rings. The second-order valence-electron chi connectivity index (χ2n) is 10.1. The molecule has 0 fully saturated rings. The molecule has 0 unspecified atom stereocenters. The van der Waals surface area contributed by atoms with Crippen molar-refractivity contribution in [3.63, 3.8) is 0 Å². The Labute approximate surface area is 195 Å². The number of para-hydroxylation sites is 1. The summed E-state index contributed by atoms with van der Waals surface area (Å²) < 4.78 is 6.55. The first-order chi connectivity index (χ1) is 16.0. The van der Waals surface area contributed by atoms with E-state index in [1.165, 1.54) is 27.5 Å². The lowest BCUT2D eigenvalue weighted by atomic mass is 9.86. The van der Waals surface area contributed by atoms with Crippen molar-refractivity contribution < 1.29 is 4.74 Å². The fourth-order valence-electron chi connectivity index (χ4n) is 5.04. The van der Waals surface area contributed by atoms with Crippen molar-refractivity contribution in [1.29, 1.82) is 0 Å². The zero-order valence-corrected chi connectivity index (χ0v) is 19.3. The summed E-state index contributed by atoms with van der Waals surface area (Å²) in [6, 6.07) is 32.4. The van der Waals surface area contributed by atoms with Gasteiger partial charge in [-0.25, -0.2) is 5.01 Å². The summed E-state index contributed by atoms with van der Waals surface area (Å²) in [5.41, 5.74) is 6.11. The minimum Gasteiger partial charge on any atom is -0.464 e. The number of rotatable bonds is 2. The molecule has 0 aromatic heterocycles. The standard InChI is InChI=1S/C30H28N2O/c1-30(2,3)22-17-15-21(16-18-22)29-32-27(25-12-6-7-14-28(25)33-29)19-26(31-32)24-13-8-10-20-9-4-5-11-23(20)24/h4-18,27,29H,19H2,1-3H3/t27-,29+/m0/s1. The Morgan fingerprint density at radius 2 is 1.55 bits per heavy atom. The molecule has 0 saturated carbocycles. The van der Waals surface area contributed by atoms with Gasteiger partial charge in [-0.15, -0.1) is 0 Å². The van der Waals surface area contributed by atoms with Crippen molar-refractivity contribution in [2.75, 3.05) is 0 Å². The predicted molar refractivity (Wildman–Crippen MR) is 135 cm³/mol. The van der Waals surface area contributed by atoms with E-state index in [1.54, 1.807) is 0 Å². The summed E-state index contributed by atoms with van der Waals surface area (Å²) in [4.78, 5) is 0. The molecule has 0 spiro atoms. The van der Waals surface area contributed by atoms with E-state index in [9.17, 15) is 0 Å². The van der Waals surface area contributed by atoms with Crippen LogP contribution < -0.4 is 4.74 Å². The quantitative estimate of drug-likeness (QED) is 0.330. The number of hydrazone groups is 1. The molecule has 0 saturated heterocycles. The van der Waals surface area contributed by atoms with E-state index in [0.717, 1.165) is 23.4 Å². The second kappa shape index (κ2) is 7.48. The maximum Gasteiger partial charge on any atom is 0.213 e. The highest BCUT2D eigenvalue weighted by molar-refractivity contribution is 6.11. The molecule has 0 amide bonds. The molecular formula is C30H28N2O. The molecule has 2 aliphatic rings. The second-order valence-corrected chi connectivity index (χ2v) is 10.1. The third-order valence-electron chi connectivity index (χ3n) is 6.86. The van der Waals surface area contributed by atoms with E-state index in [2.05, 4.69) is 117 Å². The van der Waals surface area contributed by atoms with E-state index in [4.69, 9.17) is 9.84 Å². The lowest BCUT2D eigenvalue weighted by Crippen LogP contribution is -2.33. The van der Waals surface area contributed by atoms with Crippen LogP contribution in [0.2, 0.25) is 0 Å². The molecular weight excluding hydrogens is 404 g/mol. The Balaban J connectivity index is 1.45. The summed E-state index contributed by atoms with van der Waals surface area (Å²) in [6.45, 7) is 6.73. The third kappa shape index (κ3) is 3.39. The number of hydrogen-bond acceptors (Lipinski definition) is 3. The summed E-state index contributed by atoms with van der Waals surface area (Å²) >= 11 is 0. The van der Waals surface area contributed by atoms with Crippen molar-refractivity contribution in [1.82, 2.24) is 5.01 Å². The van der Waals surface area contributed by atoms with Crippen LogP contribution in [0.25, 0.3) is 10.8 Å². The van der Waals surface area contributed by atoms with Gasteiger partial charge in [0.2, 0.25) is 6.23 Å². The van der Waals surface area contributed by atoms with Crippen LogP contribution in [0.4, 0.5) is 0 Å². The number of benzene rings is 4. The molecule has 2 atom stereocenters. The molecule has 4 aromatic carbocycles. The molecule has 164 valence electrons. The highest BCUT2D eigenvalue weighted by atomic mass is 16.5. The highest BCUT2D eigenvalue weighted by Crippen LogP contribution is 2.47. The number of ether oxygens (including phenoxy) is 1. The maximum absolute atomic E-state index is 6.55. The van der Waals surface area contributed by atoms with Gasteiger partial charge in [-0.1, -0.05) is 106 Å². The van der Waals surface area contributed by atoms with Crippen LogP contribution in [0.1, 0.15) is 61.7 Å². The van der Waals surface area contributed by atoms with Crippen molar-refractivity contribution in [2.45, 2.75) is 44.9 Å². The first-order valence-electron chi connectivity index (χ1n) is 11.7. The predicted octanol–water partition coefficient (Wildman–Crippen LogP) is 7.38. The van der Waals surface area contributed by atoms with Gasteiger partial charge in [-0.3, -0.25) is 0 Å². The summed E-state index contributed by atoms with van der Waals surface area (Å²) in [5, 5.41) is 9.85. The average Bonchev–Trinajstić information content (AvgIpc) is 3.28. The van der Waals surface area contributed by atoms with E-state index >= 15 is 0 Å². The largest absolute Gasteiger partial charge is 0.464 e. The molecule has 3 nitrogen and oxygen atoms in total. The third-order valence-corrected chi connectivity index (χ3v) is 6.86. The van der Waals surface area contributed by atoms with Crippen LogP contribution in [0.3, 0.4) is 0 Å². The minimum atomic E-state index is -0.244. The number of hydrogen-bond donors (Lipinski definition) is 0. The highest BCUT2D eigenvalue weighted by Gasteiger charge is 2.41. The molecule has 0 aliphatic carbocycles. The van der Waals surface area contributed by atoms with Gasteiger partial charge in [0.1, 0.15) is 5.75 Å². The zero-order valence-electron chi connectivity index (χ0n) is 19.3. The maximum atomic E-state index is 6.55. The smallest absolute Gasteiger partial charge is 0.213 e. The lowest BCUT2D eigenvalue weighted by molar-refractivity contribution is -0.0190. The summed E-state index contributed by atoms with van der Waals surface area (Å²) in [6.07, 6.45) is 0.622. The number of nitrogens with zero attached hydrogens (tertiary/aromatic N) is 2. The van der Waals surface area contributed by atoms with Crippen LogP contribution in [-0.4, -0.2) is 10.7 Å². The zero-order chi connectivity index (χ0) is 22.6. The van der Waals surface area contributed by atoms with Crippen LogP contribution in [0.5, 0.6) is 5.75 Å². The fraction of sp³-hybridized carbons (Fsp3) is 0.233. The Morgan fingerprint density at radius 3 is 2.36 bits per heavy atom. The van der Waals surface area contributed by atoms with Gasteiger partial charge in [0.25, 0.3) is 0 Å². The van der Waals surface area contributed by atoms with Crippen LogP contribution >= 0.6 is 0 Å². The van der Waals surface area contributed by atoms with Gasteiger partial charge in [0.15, 0.2) is 0 Å². The molecule has 0 N–H and O–H groups in total. The number of fused-ring (bicyclic) bond motifs is 4. The van der Waals surface area contributed by atoms with E-state index < -0.39 is 0 Å². The SMILES string of the molecule is CC(C)(C)c1ccc([C@H]2Oc3ccccc3[C@@H]3CC(c4cccc5ccccc45)=NN23)cc1. The Morgan fingerprint density at radius 1 is 0.818 bits per heavy atom. The first kappa shape index (κ1) is 20.0. The van der Waals surface area contributed by atoms with Crippen molar-refractivity contribution in [2.24, 2.45) is 5.10 Å². The normalized spacial score (nSPS) is 19.6. The van der Waals surface area contributed by atoms with E-state index in [1.807, 2.05) is 0 Å². The van der Waals surface area contributed by atoms with Gasteiger partial charge >= 0.3 is 0 Å². The van der Waals surface area contributed by atoms with Gasteiger partial charge in [-0.2, -0.15) is 5.10 Å². The lowest BCUT2D eigenvalue weighted by Gasteiger charge is -2.38. The molecule has 2 aliphatic heterocycles. The van der Waals surface area contributed by atoms with Crippen molar-refractivity contribution in [3.05, 3.63) is 113 Å². The molecule has 6 rings (SSSR count). The molecule has 33 heavy (non-hydrogen) atoms.